The number of piperazine rings is 1. The molecule has 0 spiro atoms. The van der Waals surface area contributed by atoms with Crippen LogP contribution in [0.2, 0.25) is 0 Å². The molecule has 0 aliphatic carbocycles. The molecule has 3 heterocycles. The summed E-state index contributed by atoms with van der Waals surface area (Å²) in [4.78, 5) is 65.6. The highest BCUT2D eigenvalue weighted by molar-refractivity contribution is 6.23. The smallest absolute Gasteiger partial charge is 0.303 e. The first-order valence-corrected chi connectivity index (χ1v) is 12.1. The lowest BCUT2D eigenvalue weighted by molar-refractivity contribution is -0.138. The van der Waals surface area contributed by atoms with Gasteiger partial charge in [0.2, 0.25) is 11.8 Å². The molecular formula is C24H31N5O6. The number of piperidine rings is 1. The second-order valence-electron chi connectivity index (χ2n) is 9.17. The van der Waals surface area contributed by atoms with Crippen LogP contribution in [0, 0.1) is 0 Å². The van der Waals surface area contributed by atoms with Gasteiger partial charge in [0.1, 0.15) is 6.04 Å². The SMILES string of the molecule is O=C(O)CCCN1CCN(CCCNc2ccc3c(c2)C(=O)N(C2CCC(=O)NC2=O)C3=O)CC1. The summed E-state index contributed by atoms with van der Waals surface area (Å²) in [7, 11) is 0. The van der Waals surface area contributed by atoms with Crippen LogP contribution in [0.15, 0.2) is 18.2 Å². The summed E-state index contributed by atoms with van der Waals surface area (Å²) in [6.07, 6.45) is 2.03. The summed E-state index contributed by atoms with van der Waals surface area (Å²) >= 11 is 0. The van der Waals surface area contributed by atoms with Gasteiger partial charge in [0.25, 0.3) is 11.8 Å². The number of hydrogen-bond donors (Lipinski definition) is 3. The van der Waals surface area contributed by atoms with Crippen molar-refractivity contribution in [2.45, 2.75) is 38.1 Å². The van der Waals surface area contributed by atoms with Crippen molar-refractivity contribution >= 4 is 35.3 Å². The van der Waals surface area contributed by atoms with E-state index in [0.717, 1.165) is 56.3 Å². The molecule has 188 valence electrons. The zero-order valence-corrected chi connectivity index (χ0v) is 19.6. The Morgan fingerprint density at radius 2 is 1.63 bits per heavy atom. The average Bonchev–Trinajstić information content (AvgIpc) is 3.07. The molecule has 0 saturated carbocycles. The van der Waals surface area contributed by atoms with Crippen LogP contribution in [-0.2, 0) is 14.4 Å². The fourth-order valence-corrected chi connectivity index (χ4v) is 4.81. The maximum atomic E-state index is 12.9. The zero-order chi connectivity index (χ0) is 24.9. The third kappa shape index (κ3) is 5.85. The number of imide groups is 2. The quantitative estimate of drug-likeness (QED) is 0.317. The van der Waals surface area contributed by atoms with E-state index in [-0.39, 0.29) is 30.4 Å². The number of hydrogen-bond acceptors (Lipinski definition) is 8. The van der Waals surface area contributed by atoms with Crippen LogP contribution in [0.1, 0.15) is 52.8 Å². The van der Waals surface area contributed by atoms with Crippen molar-refractivity contribution in [3.05, 3.63) is 29.3 Å². The summed E-state index contributed by atoms with van der Waals surface area (Å²) < 4.78 is 0. The van der Waals surface area contributed by atoms with Gasteiger partial charge in [-0.15, -0.1) is 0 Å². The van der Waals surface area contributed by atoms with Crippen LogP contribution < -0.4 is 10.6 Å². The Labute approximate surface area is 203 Å². The number of carbonyl (C=O) groups is 5. The van der Waals surface area contributed by atoms with Crippen molar-refractivity contribution < 1.29 is 29.1 Å². The molecule has 3 aliphatic rings. The van der Waals surface area contributed by atoms with E-state index in [4.69, 9.17) is 5.11 Å². The molecule has 1 aromatic carbocycles. The Balaban J connectivity index is 1.22. The Hall–Kier alpha value is -3.31. The van der Waals surface area contributed by atoms with Crippen molar-refractivity contribution in [2.24, 2.45) is 0 Å². The Bertz CT molecular complexity index is 1020. The molecule has 1 atom stereocenters. The lowest BCUT2D eigenvalue weighted by Crippen LogP contribution is -2.54. The van der Waals surface area contributed by atoms with Gasteiger partial charge in [0.15, 0.2) is 0 Å². The van der Waals surface area contributed by atoms with Crippen molar-refractivity contribution in [3.8, 4) is 0 Å². The molecular weight excluding hydrogens is 454 g/mol. The number of nitrogens with one attached hydrogen (secondary N) is 2. The summed E-state index contributed by atoms with van der Waals surface area (Å²) in [5.74, 6) is -2.78. The van der Waals surface area contributed by atoms with Crippen LogP contribution in [-0.4, -0.2) is 101 Å². The Kier molecular flexibility index (Phi) is 7.76. The molecule has 35 heavy (non-hydrogen) atoms. The van der Waals surface area contributed by atoms with Crippen LogP contribution in [0.5, 0.6) is 0 Å². The zero-order valence-electron chi connectivity index (χ0n) is 19.6. The highest BCUT2D eigenvalue weighted by atomic mass is 16.4. The summed E-state index contributed by atoms with van der Waals surface area (Å²) in [5.41, 5.74) is 1.27. The van der Waals surface area contributed by atoms with Gasteiger partial charge in [0.05, 0.1) is 11.1 Å². The summed E-state index contributed by atoms with van der Waals surface area (Å²) in [6, 6.07) is 4.05. The van der Waals surface area contributed by atoms with Gasteiger partial charge in [-0.2, -0.15) is 0 Å². The van der Waals surface area contributed by atoms with Gasteiger partial charge >= 0.3 is 5.97 Å². The largest absolute Gasteiger partial charge is 0.481 e. The minimum Gasteiger partial charge on any atom is -0.481 e. The van der Waals surface area contributed by atoms with Gasteiger partial charge < -0.3 is 20.2 Å². The molecule has 3 N–H and O–H groups in total. The van der Waals surface area contributed by atoms with Gasteiger partial charge in [-0.05, 0) is 50.6 Å². The predicted molar refractivity (Wildman–Crippen MR) is 126 cm³/mol. The molecule has 1 unspecified atom stereocenters. The molecule has 11 heteroatoms. The summed E-state index contributed by atoms with van der Waals surface area (Å²) in [6.45, 7) is 6.26. The van der Waals surface area contributed by atoms with Crippen LogP contribution in [0.3, 0.4) is 0 Å². The van der Waals surface area contributed by atoms with Gasteiger partial charge in [-0.25, -0.2) is 0 Å². The van der Waals surface area contributed by atoms with Crippen LogP contribution in [0.4, 0.5) is 5.69 Å². The van der Waals surface area contributed by atoms with E-state index in [0.29, 0.717) is 13.0 Å². The van der Waals surface area contributed by atoms with E-state index in [2.05, 4.69) is 20.4 Å². The van der Waals surface area contributed by atoms with E-state index < -0.39 is 35.6 Å². The Morgan fingerprint density at radius 1 is 0.971 bits per heavy atom. The fraction of sp³-hybridized carbons (Fsp3) is 0.542. The number of rotatable bonds is 10. The average molecular weight is 486 g/mol. The lowest BCUT2D eigenvalue weighted by atomic mass is 10.0. The molecule has 0 bridgehead atoms. The van der Waals surface area contributed by atoms with E-state index in [1.165, 1.54) is 0 Å². The normalized spacial score (nSPS) is 21.3. The number of aliphatic carboxylic acids is 1. The van der Waals surface area contributed by atoms with E-state index in [1.54, 1.807) is 18.2 Å². The first-order valence-electron chi connectivity index (χ1n) is 12.1. The van der Waals surface area contributed by atoms with Crippen molar-refractivity contribution in [1.29, 1.82) is 0 Å². The number of carboxylic acid groups (broad SMARTS) is 1. The molecule has 2 fully saturated rings. The van der Waals surface area contributed by atoms with Gasteiger partial charge in [-0.1, -0.05) is 0 Å². The number of anilines is 1. The highest BCUT2D eigenvalue weighted by Crippen LogP contribution is 2.29. The number of nitrogens with zero attached hydrogens (tertiary/aromatic N) is 3. The fourth-order valence-electron chi connectivity index (χ4n) is 4.81. The second-order valence-corrected chi connectivity index (χ2v) is 9.17. The number of benzene rings is 1. The molecule has 3 aliphatic heterocycles. The molecule has 11 nitrogen and oxygen atoms in total. The van der Waals surface area contributed by atoms with E-state index >= 15 is 0 Å². The topological polar surface area (TPSA) is 139 Å². The van der Waals surface area contributed by atoms with Crippen LogP contribution in [0.25, 0.3) is 0 Å². The highest BCUT2D eigenvalue weighted by Gasteiger charge is 2.44. The molecule has 1 aromatic rings. The first-order chi connectivity index (χ1) is 16.8. The van der Waals surface area contributed by atoms with E-state index in [1.807, 2.05) is 0 Å². The predicted octanol–water partition coefficient (Wildman–Crippen LogP) is 0.372. The van der Waals surface area contributed by atoms with Crippen molar-refractivity contribution in [3.63, 3.8) is 0 Å². The Morgan fingerprint density at radius 3 is 2.29 bits per heavy atom. The monoisotopic (exact) mass is 485 g/mol. The van der Waals surface area contributed by atoms with Gasteiger partial charge in [-0.3, -0.25) is 34.2 Å². The minimum absolute atomic E-state index is 0.0936. The number of carboxylic acids is 1. The maximum Gasteiger partial charge on any atom is 0.303 e. The third-order valence-corrected chi connectivity index (χ3v) is 6.75. The molecule has 4 amide bonds. The number of carbonyl (C=O) groups excluding carboxylic acids is 4. The standard InChI is InChI=1S/C24H31N5O6/c30-20-7-6-19(22(33)26-20)29-23(34)17-5-4-16(15-18(17)24(29)35)25-8-2-10-28-13-11-27(12-14-28)9-1-3-21(31)32/h4-5,15,19,25H,1-3,6-14H2,(H,31,32)(H,26,30,33). The summed E-state index contributed by atoms with van der Waals surface area (Å²) in [5, 5.41) is 14.3. The molecule has 4 rings (SSSR count). The maximum absolute atomic E-state index is 12.9. The van der Waals surface area contributed by atoms with Crippen molar-refractivity contribution in [1.82, 2.24) is 20.0 Å². The molecule has 0 radical (unpaired) electrons. The second kappa shape index (κ2) is 11.0. The minimum atomic E-state index is -0.964. The number of amides is 4. The number of fused-ring (bicyclic) bond motifs is 1. The molecule has 0 aromatic heterocycles. The van der Waals surface area contributed by atoms with Crippen molar-refractivity contribution in [2.75, 3.05) is 51.1 Å². The van der Waals surface area contributed by atoms with E-state index in [9.17, 15) is 24.0 Å². The van der Waals surface area contributed by atoms with Crippen LogP contribution >= 0.6 is 0 Å². The third-order valence-electron chi connectivity index (χ3n) is 6.75. The lowest BCUT2D eigenvalue weighted by Gasteiger charge is -2.34. The molecule has 2 saturated heterocycles. The van der Waals surface area contributed by atoms with Gasteiger partial charge in [0, 0.05) is 51.3 Å². The first kappa shape index (κ1) is 24.8.